The molecule has 19 heavy (non-hydrogen) atoms. The summed E-state index contributed by atoms with van der Waals surface area (Å²) in [7, 11) is 0. The molecule has 0 spiro atoms. The van der Waals surface area contributed by atoms with Crippen molar-refractivity contribution in [3.8, 4) is 6.07 Å². The molecule has 0 aromatic carbocycles. The van der Waals surface area contributed by atoms with Crippen LogP contribution < -0.4 is 4.90 Å². The molecule has 0 unspecified atom stereocenters. The number of hydrogen-bond acceptors (Lipinski definition) is 6. The second kappa shape index (κ2) is 4.82. The molecule has 1 aliphatic heterocycles. The lowest BCUT2D eigenvalue weighted by Gasteiger charge is -2.47. The van der Waals surface area contributed by atoms with Crippen LogP contribution in [0.2, 0.25) is 0 Å². The molecule has 1 N–H and O–H groups in total. The number of aromatic nitrogens is 1. The van der Waals surface area contributed by atoms with Gasteiger partial charge in [-0.25, -0.2) is 4.98 Å². The van der Waals surface area contributed by atoms with Crippen molar-refractivity contribution >= 4 is 11.5 Å². The van der Waals surface area contributed by atoms with Crippen LogP contribution in [0.1, 0.15) is 25.3 Å². The van der Waals surface area contributed by atoms with Crippen LogP contribution >= 0.6 is 0 Å². The number of nitriles is 1. The molecule has 0 radical (unpaired) electrons. The lowest BCUT2D eigenvalue weighted by Crippen LogP contribution is -2.62. The molecule has 0 bridgehead atoms. The van der Waals surface area contributed by atoms with Gasteiger partial charge in [0.25, 0.3) is 5.69 Å². The van der Waals surface area contributed by atoms with E-state index in [0.29, 0.717) is 25.3 Å². The standard InChI is InChI=1S/C12H14N4O3/c1-2-3-12(17)7-15(8-12)11-9(5-13)4-10(6-14-11)16(18)19/h4,6,17H,2-3,7-8H2,1H3. The number of rotatable bonds is 4. The number of hydrogen-bond donors (Lipinski definition) is 1. The lowest BCUT2D eigenvalue weighted by molar-refractivity contribution is -0.385. The first-order valence-electron chi connectivity index (χ1n) is 6.01. The van der Waals surface area contributed by atoms with Gasteiger partial charge >= 0.3 is 0 Å². The monoisotopic (exact) mass is 262 g/mol. The minimum Gasteiger partial charge on any atom is -0.386 e. The zero-order chi connectivity index (χ0) is 14.0. The van der Waals surface area contributed by atoms with Gasteiger partial charge in [-0.2, -0.15) is 5.26 Å². The molecule has 1 saturated heterocycles. The van der Waals surface area contributed by atoms with Crippen LogP contribution in [-0.4, -0.2) is 33.7 Å². The molecule has 0 saturated carbocycles. The van der Waals surface area contributed by atoms with Gasteiger partial charge in [0.05, 0.1) is 23.6 Å². The summed E-state index contributed by atoms with van der Waals surface area (Å²) in [4.78, 5) is 15.8. The van der Waals surface area contributed by atoms with Gasteiger partial charge in [-0.1, -0.05) is 13.3 Å². The molecule has 7 heteroatoms. The van der Waals surface area contributed by atoms with Crippen molar-refractivity contribution in [1.29, 1.82) is 5.26 Å². The third kappa shape index (κ3) is 2.48. The molecule has 1 fully saturated rings. The third-order valence-electron chi connectivity index (χ3n) is 3.17. The Kier molecular flexibility index (Phi) is 3.36. The maximum Gasteiger partial charge on any atom is 0.289 e. The summed E-state index contributed by atoms with van der Waals surface area (Å²) >= 11 is 0. The van der Waals surface area contributed by atoms with Gasteiger partial charge in [-0.05, 0) is 6.42 Å². The van der Waals surface area contributed by atoms with Crippen LogP contribution in [0, 0.1) is 21.4 Å². The molecular formula is C12H14N4O3. The number of pyridine rings is 1. The summed E-state index contributed by atoms with van der Waals surface area (Å²) in [6, 6.07) is 3.12. The smallest absolute Gasteiger partial charge is 0.289 e. The largest absolute Gasteiger partial charge is 0.386 e. The second-order valence-electron chi connectivity index (χ2n) is 4.76. The van der Waals surface area contributed by atoms with E-state index in [1.807, 2.05) is 13.0 Å². The van der Waals surface area contributed by atoms with E-state index in [0.717, 1.165) is 12.6 Å². The highest BCUT2D eigenvalue weighted by Crippen LogP contribution is 2.32. The zero-order valence-corrected chi connectivity index (χ0v) is 10.5. The van der Waals surface area contributed by atoms with Crippen LogP contribution in [-0.2, 0) is 0 Å². The van der Waals surface area contributed by atoms with Crippen LogP contribution in [0.3, 0.4) is 0 Å². The summed E-state index contributed by atoms with van der Waals surface area (Å²) in [5.41, 5.74) is -0.775. The molecule has 1 aromatic rings. The molecular weight excluding hydrogens is 248 g/mol. The maximum atomic E-state index is 10.6. The molecule has 2 rings (SSSR count). The molecule has 2 heterocycles. The average Bonchev–Trinajstić information content (AvgIpc) is 2.35. The van der Waals surface area contributed by atoms with Crippen molar-refractivity contribution in [2.75, 3.05) is 18.0 Å². The van der Waals surface area contributed by atoms with E-state index in [2.05, 4.69) is 4.98 Å². The van der Waals surface area contributed by atoms with Crippen molar-refractivity contribution in [2.24, 2.45) is 0 Å². The molecule has 1 aliphatic rings. The molecule has 100 valence electrons. The van der Waals surface area contributed by atoms with Crippen LogP contribution in [0.4, 0.5) is 11.5 Å². The molecule has 0 atom stereocenters. The Labute approximate surface area is 110 Å². The fraction of sp³-hybridized carbons (Fsp3) is 0.500. The predicted octanol–water partition coefficient (Wildman–Crippen LogP) is 1.21. The van der Waals surface area contributed by atoms with Crippen molar-refractivity contribution in [2.45, 2.75) is 25.4 Å². The minimum absolute atomic E-state index is 0.160. The lowest BCUT2D eigenvalue weighted by atomic mass is 9.89. The van der Waals surface area contributed by atoms with Gasteiger partial charge in [0.2, 0.25) is 0 Å². The summed E-state index contributed by atoms with van der Waals surface area (Å²) in [5, 5.41) is 29.7. The van der Waals surface area contributed by atoms with E-state index in [4.69, 9.17) is 5.26 Å². The summed E-state index contributed by atoms with van der Waals surface area (Å²) in [5.74, 6) is 0.397. The fourth-order valence-corrected chi connectivity index (χ4v) is 2.32. The second-order valence-corrected chi connectivity index (χ2v) is 4.76. The quantitative estimate of drug-likeness (QED) is 0.646. The van der Waals surface area contributed by atoms with Crippen molar-refractivity contribution in [1.82, 2.24) is 4.98 Å². The SMILES string of the molecule is CCCC1(O)CN(c2ncc([N+](=O)[O-])cc2C#N)C1. The summed E-state index contributed by atoms with van der Waals surface area (Å²) < 4.78 is 0. The van der Waals surface area contributed by atoms with Crippen LogP contribution in [0.25, 0.3) is 0 Å². The number of aliphatic hydroxyl groups is 1. The Morgan fingerprint density at radius 1 is 1.68 bits per heavy atom. The van der Waals surface area contributed by atoms with Crippen LogP contribution in [0.5, 0.6) is 0 Å². The Morgan fingerprint density at radius 3 is 2.89 bits per heavy atom. The van der Waals surface area contributed by atoms with Gasteiger partial charge < -0.3 is 10.0 Å². The van der Waals surface area contributed by atoms with Gasteiger partial charge in [0.1, 0.15) is 23.6 Å². The van der Waals surface area contributed by atoms with Crippen molar-refractivity contribution < 1.29 is 10.0 Å². The van der Waals surface area contributed by atoms with Crippen LogP contribution in [0.15, 0.2) is 12.3 Å². The average molecular weight is 262 g/mol. The van der Waals surface area contributed by atoms with E-state index in [1.54, 1.807) is 4.90 Å². The van der Waals surface area contributed by atoms with Crippen molar-refractivity contribution in [3.05, 3.63) is 27.9 Å². The predicted molar refractivity (Wildman–Crippen MR) is 67.7 cm³/mol. The van der Waals surface area contributed by atoms with E-state index >= 15 is 0 Å². The Hall–Kier alpha value is -2.20. The Balaban J connectivity index is 2.19. The normalized spacial score (nSPS) is 16.6. The van der Waals surface area contributed by atoms with E-state index in [1.165, 1.54) is 6.07 Å². The first kappa shape index (κ1) is 13.2. The van der Waals surface area contributed by atoms with E-state index < -0.39 is 10.5 Å². The maximum absolute atomic E-state index is 10.6. The highest BCUT2D eigenvalue weighted by Gasteiger charge is 2.41. The molecule has 0 amide bonds. The Morgan fingerprint density at radius 2 is 2.37 bits per heavy atom. The summed E-state index contributed by atoms with van der Waals surface area (Å²) in [6.07, 6.45) is 2.70. The number of nitro groups is 1. The Bertz CT molecular complexity index is 546. The molecule has 7 nitrogen and oxygen atoms in total. The number of β-amino-alcohol motifs (C(OH)–C–C–N with tert-alkyl or cyclic N) is 1. The van der Waals surface area contributed by atoms with E-state index in [9.17, 15) is 15.2 Å². The molecule has 1 aromatic heterocycles. The highest BCUT2D eigenvalue weighted by molar-refractivity contribution is 5.59. The third-order valence-corrected chi connectivity index (χ3v) is 3.17. The highest BCUT2D eigenvalue weighted by atomic mass is 16.6. The van der Waals surface area contributed by atoms with Gasteiger partial charge in [-0.15, -0.1) is 0 Å². The minimum atomic E-state index is -0.731. The topological polar surface area (TPSA) is 103 Å². The van der Waals surface area contributed by atoms with E-state index in [-0.39, 0.29) is 11.3 Å². The first-order chi connectivity index (χ1) is 8.99. The van der Waals surface area contributed by atoms with Gasteiger partial charge in [-0.3, -0.25) is 10.1 Å². The van der Waals surface area contributed by atoms with Gasteiger partial charge in [0.15, 0.2) is 0 Å². The number of anilines is 1. The zero-order valence-electron chi connectivity index (χ0n) is 10.5. The van der Waals surface area contributed by atoms with Gasteiger partial charge in [0, 0.05) is 6.07 Å². The first-order valence-corrected chi connectivity index (χ1v) is 6.01. The number of nitrogens with zero attached hydrogens (tertiary/aromatic N) is 4. The molecule has 0 aliphatic carbocycles. The fourth-order valence-electron chi connectivity index (χ4n) is 2.32. The van der Waals surface area contributed by atoms with Crippen molar-refractivity contribution in [3.63, 3.8) is 0 Å². The summed E-state index contributed by atoms with van der Waals surface area (Å²) in [6.45, 7) is 2.80.